The van der Waals surface area contributed by atoms with Crippen molar-refractivity contribution in [2.45, 2.75) is 27.4 Å². The number of rotatable bonds is 5. The van der Waals surface area contributed by atoms with Gasteiger partial charge in [-0.1, -0.05) is 0 Å². The van der Waals surface area contributed by atoms with Gasteiger partial charge in [0, 0.05) is 24.0 Å². The van der Waals surface area contributed by atoms with E-state index in [0.29, 0.717) is 23.2 Å². The van der Waals surface area contributed by atoms with Crippen molar-refractivity contribution in [3.05, 3.63) is 80.8 Å². The van der Waals surface area contributed by atoms with Gasteiger partial charge in [-0.05, 0) is 32.4 Å². The molecule has 0 aliphatic rings. The van der Waals surface area contributed by atoms with Gasteiger partial charge >= 0.3 is 0 Å². The molecule has 0 N–H and O–H groups in total. The quantitative estimate of drug-likeness (QED) is 0.631. The number of nitrogens with zero attached hydrogens (tertiary/aromatic N) is 3. The Bertz CT molecular complexity index is 1130. The first-order valence-electron chi connectivity index (χ1n) is 8.40. The van der Waals surface area contributed by atoms with Gasteiger partial charge in [0.2, 0.25) is 0 Å². The van der Waals surface area contributed by atoms with Crippen LogP contribution in [0.4, 0.5) is 8.78 Å². The Hall–Kier alpha value is -3.42. The van der Waals surface area contributed by atoms with E-state index in [1.54, 1.807) is 26.8 Å². The molecule has 6 nitrogen and oxygen atoms in total. The van der Waals surface area contributed by atoms with Crippen LogP contribution in [0.1, 0.15) is 33.0 Å². The number of hydrogen-bond acceptors (Lipinski definition) is 5. The van der Waals surface area contributed by atoms with Crippen LogP contribution in [0, 0.1) is 32.4 Å². The third-order valence-corrected chi connectivity index (χ3v) is 4.29. The zero-order valence-electron chi connectivity index (χ0n) is 15.5. The molecule has 3 rings (SSSR count). The Morgan fingerprint density at radius 1 is 1.11 bits per heavy atom. The molecule has 3 aromatic heterocycles. The highest BCUT2D eigenvalue weighted by Crippen LogP contribution is 2.22. The summed E-state index contributed by atoms with van der Waals surface area (Å²) in [7, 11) is 0. The van der Waals surface area contributed by atoms with Gasteiger partial charge < -0.3 is 4.74 Å². The third-order valence-electron chi connectivity index (χ3n) is 4.29. The molecule has 0 bridgehead atoms. The first-order valence-corrected chi connectivity index (χ1v) is 8.40. The predicted molar refractivity (Wildman–Crippen MR) is 97.9 cm³/mol. The van der Waals surface area contributed by atoms with Gasteiger partial charge in [0.15, 0.2) is 12.1 Å². The van der Waals surface area contributed by atoms with Crippen LogP contribution in [0.5, 0.6) is 5.75 Å². The van der Waals surface area contributed by atoms with Crippen LogP contribution in [-0.4, -0.2) is 20.8 Å². The number of aldehydes is 1. The number of pyridine rings is 3. The van der Waals surface area contributed by atoms with Crippen molar-refractivity contribution >= 4 is 6.29 Å². The molecule has 3 heterocycles. The highest BCUT2D eigenvalue weighted by molar-refractivity contribution is 5.73. The lowest BCUT2D eigenvalue weighted by Crippen LogP contribution is -2.24. The number of ether oxygens (including phenoxy) is 1. The van der Waals surface area contributed by atoms with Crippen molar-refractivity contribution in [1.82, 2.24) is 14.5 Å². The van der Waals surface area contributed by atoms with Crippen molar-refractivity contribution in [2.24, 2.45) is 0 Å². The fourth-order valence-corrected chi connectivity index (χ4v) is 2.77. The fraction of sp³-hybridized carbons (Fsp3) is 0.200. The molecule has 0 aromatic carbocycles. The standard InChI is InChI=1S/C20H17F2N3O3/c1-11-7-23-15(9-26)6-18(11)25-12(2)4-19(13(3)20(25)27)28-10-17-16(22)5-14(21)8-24-17/h4-9H,10H2,1-3H3. The van der Waals surface area contributed by atoms with Crippen LogP contribution in [0.2, 0.25) is 0 Å². The summed E-state index contributed by atoms with van der Waals surface area (Å²) in [5, 5.41) is 0. The zero-order valence-corrected chi connectivity index (χ0v) is 15.5. The molecule has 0 fully saturated rings. The SMILES string of the molecule is Cc1cnc(C=O)cc1-n1c(C)cc(OCc2ncc(F)cc2F)c(C)c1=O. The average molecular weight is 385 g/mol. The van der Waals surface area contributed by atoms with Gasteiger partial charge in [-0.3, -0.25) is 24.1 Å². The van der Waals surface area contributed by atoms with Gasteiger partial charge in [-0.15, -0.1) is 0 Å². The normalized spacial score (nSPS) is 10.8. The minimum Gasteiger partial charge on any atom is -0.487 e. The molecular weight excluding hydrogens is 368 g/mol. The Morgan fingerprint density at radius 3 is 2.54 bits per heavy atom. The first kappa shape index (κ1) is 19.3. The van der Waals surface area contributed by atoms with Gasteiger partial charge in [0.05, 0.1) is 17.4 Å². The molecule has 144 valence electrons. The second-order valence-electron chi connectivity index (χ2n) is 6.30. The summed E-state index contributed by atoms with van der Waals surface area (Å²) in [4.78, 5) is 31.6. The average Bonchev–Trinajstić information content (AvgIpc) is 2.66. The summed E-state index contributed by atoms with van der Waals surface area (Å²) >= 11 is 0. The molecule has 0 atom stereocenters. The maximum Gasteiger partial charge on any atom is 0.261 e. The molecule has 28 heavy (non-hydrogen) atoms. The van der Waals surface area contributed by atoms with E-state index in [9.17, 15) is 18.4 Å². The smallest absolute Gasteiger partial charge is 0.261 e. The van der Waals surface area contributed by atoms with E-state index in [2.05, 4.69) is 9.97 Å². The van der Waals surface area contributed by atoms with E-state index in [1.807, 2.05) is 0 Å². The van der Waals surface area contributed by atoms with Gasteiger partial charge in [-0.2, -0.15) is 0 Å². The van der Waals surface area contributed by atoms with Gasteiger partial charge in [-0.25, -0.2) is 8.78 Å². The molecule has 0 amide bonds. The summed E-state index contributed by atoms with van der Waals surface area (Å²) in [5.74, 6) is -1.33. The maximum absolute atomic E-state index is 13.7. The molecule has 0 spiro atoms. The van der Waals surface area contributed by atoms with E-state index in [0.717, 1.165) is 17.8 Å². The lowest BCUT2D eigenvalue weighted by Gasteiger charge is -2.17. The van der Waals surface area contributed by atoms with Gasteiger partial charge in [0.1, 0.15) is 29.6 Å². The molecule has 0 aliphatic heterocycles. The number of carbonyl (C=O) groups is 1. The third kappa shape index (κ3) is 3.66. The maximum atomic E-state index is 13.7. The highest BCUT2D eigenvalue weighted by Gasteiger charge is 2.15. The van der Waals surface area contributed by atoms with E-state index in [1.165, 1.54) is 16.8 Å². The lowest BCUT2D eigenvalue weighted by atomic mass is 10.1. The summed E-state index contributed by atoms with van der Waals surface area (Å²) in [5.41, 5.74) is 1.93. The summed E-state index contributed by atoms with van der Waals surface area (Å²) in [6.07, 6.45) is 3.03. The van der Waals surface area contributed by atoms with Gasteiger partial charge in [0.25, 0.3) is 5.56 Å². The van der Waals surface area contributed by atoms with Crippen LogP contribution in [0.25, 0.3) is 5.69 Å². The summed E-state index contributed by atoms with van der Waals surface area (Å²) < 4.78 is 33.7. The number of carbonyl (C=O) groups excluding carboxylic acids is 1. The second-order valence-corrected chi connectivity index (χ2v) is 6.30. The minimum absolute atomic E-state index is 0.0664. The van der Waals surface area contributed by atoms with Crippen molar-refractivity contribution in [3.8, 4) is 11.4 Å². The monoisotopic (exact) mass is 385 g/mol. The van der Waals surface area contributed by atoms with E-state index in [4.69, 9.17) is 4.74 Å². The van der Waals surface area contributed by atoms with E-state index >= 15 is 0 Å². The number of aryl methyl sites for hydroxylation is 2. The van der Waals surface area contributed by atoms with Crippen LogP contribution >= 0.6 is 0 Å². The molecule has 0 saturated heterocycles. The Balaban J connectivity index is 1.99. The molecule has 3 aromatic rings. The molecule has 0 aliphatic carbocycles. The first-order chi connectivity index (χ1) is 13.3. The summed E-state index contributed by atoms with van der Waals surface area (Å²) in [6, 6.07) is 3.89. The van der Waals surface area contributed by atoms with Crippen LogP contribution in [-0.2, 0) is 6.61 Å². The largest absolute Gasteiger partial charge is 0.487 e. The molecule has 8 heteroatoms. The number of halogens is 2. The van der Waals surface area contributed by atoms with Crippen LogP contribution in [0.15, 0.2) is 35.4 Å². The van der Waals surface area contributed by atoms with Crippen molar-refractivity contribution < 1.29 is 18.3 Å². The Morgan fingerprint density at radius 2 is 1.86 bits per heavy atom. The number of hydrogen-bond donors (Lipinski definition) is 0. The minimum atomic E-state index is -0.823. The molecule has 0 saturated carbocycles. The number of aromatic nitrogens is 3. The fourth-order valence-electron chi connectivity index (χ4n) is 2.77. The highest BCUT2D eigenvalue weighted by atomic mass is 19.1. The van der Waals surface area contributed by atoms with Crippen molar-refractivity contribution in [3.63, 3.8) is 0 Å². The summed E-state index contributed by atoms with van der Waals surface area (Å²) in [6.45, 7) is 4.83. The molecule has 0 unspecified atom stereocenters. The van der Waals surface area contributed by atoms with E-state index in [-0.39, 0.29) is 29.3 Å². The molecule has 0 radical (unpaired) electrons. The van der Waals surface area contributed by atoms with Crippen molar-refractivity contribution in [2.75, 3.05) is 0 Å². The Labute approximate surface area is 159 Å². The van der Waals surface area contributed by atoms with Crippen molar-refractivity contribution in [1.29, 1.82) is 0 Å². The topological polar surface area (TPSA) is 74.1 Å². The van der Waals surface area contributed by atoms with Crippen LogP contribution in [0.3, 0.4) is 0 Å². The Kier molecular flexibility index (Phi) is 5.30. The predicted octanol–water partition coefficient (Wildman–Crippen LogP) is 3.22. The van der Waals surface area contributed by atoms with Crippen LogP contribution < -0.4 is 10.3 Å². The second kappa shape index (κ2) is 7.67. The zero-order chi connectivity index (χ0) is 20.4. The van der Waals surface area contributed by atoms with E-state index < -0.39 is 11.6 Å². The lowest BCUT2D eigenvalue weighted by molar-refractivity contribution is 0.111. The molecular formula is C20H17F2N3O3.